The van der Waals surface area contributed by atoms with Crippen LogP contribution in [0.5, 0.6) is 0 Å². The third kappa shape index (κ3) is 3.12. The molecule has 1 aliphatic heterocycles. The van der Waals surface area contributed by atoms with Crippen molar-refractivity contribution in [2.45, 2.75) is 6.92 Å². The number of nitro groups is 1. The van der Waals surface area contributed by atoms with E-state index in [1.165, 1.54) is 0 Å². The normalized spacial score (nSPS) is 20.2. The van der Waals surface area contributed by atoms with Gasteiger partial charge in [-0.25, -0.2) is 0 Å². The average Bonchev–Trinajstić information content (AvgIpc) is 2.15. The van der Waals surface area contributed by atoms with Gasteiger partial charge >= 0.3 is 0 Å². The fourth-order valence-corrected chi connectivity index (χ4v) is 1.24. The lowest BCUT2D eigenvalue weighted by atomic mass is 10.3. The monoisotopic (exact) mass is 186 g/mol. The van der Waals surface area contributed by atoms with Crippen LogP contribution >= 0.6 is 0 Å². The molecule has 0 radical (unpaired) electrons. The first-order chi connectivity index (χ1) is 6.24. The molecule has 0 bridgehead atoms. The number of morpholine rings is 1. The molecule has 0 atom stereocenters. The second kappa shape index (κ2) is 4.94. The topological polar surface area (TPSA) is 55.6 Å². The Hall–Kier alpha value is -0.940. The zero-order chi connectivity index (χ0) is 9.68. The average molecular weight is 186 g/mol. The van der Waals surface area contributed by atoms with Crippen molar-refractivity contribution in [1.29, 1.82) is 0 Å². The van der Waals surface area contributed by atoms with E-state index in [0.717, 1.165) is 13.1 Å². The van der Waals surface area contributed by atoms with Crippen LogP contribution in [0, 0.1) is 10.1 Å². The number of allylic oxidation sites excluding steroid dienone is 1. The molecule has 1 rings (SSSR count). The molecule has 0 aliphatic carbocycles. The summed E-state index contributed by atoms with van der Waals surface area (Å²) in [6.45, 7) is 5.03. The molecule has 74 valence electrons. The minimum atomic E-state index is -0.324. The summed E-state index contributed by atoms with van der Waals surface area (Å²) >= 11 is 0. The highest BCUT2D eigenvalue weighted by Crippen LogP contribution is 2.03. The van der Waals surface area contributed by atoms with Gasteiger partial charge in [-0.2, -0.15) is 0 Å². The Bertz CT molecular complexity index is 209. The van der Waals surface area contributed by atoms with Crippen LogP contribution < -0.4 is 0 Å². The van der Waals surface area contributed by atoms with Crippen LogP contribution in [0.1, 0.15) is 6.92 Å². The second-order valence-corrected chi connectivity index (χ2v) is 2.93. The van der Waals surface area contributed by atoms with Gasteiger partial charge in [0.2, 0.25) is 0 Å². The first kappa shape index (κ1) is 10.1. The van der Waals surface area contributed by atoms with E-state index < -0.39 is 0 Å². The van der Waals surface area contributed by atoms with Gasteiger partial charge in [-0.3, -0.25) is 15.0 Å². The SMILES string of the molecule is C/C=C(\CN1CCOCC1)[N+](=O)[O-]. The largest absolute Gasteiger partial charge is 0.379 e. The van der Waals surface area contributed by atoms with Gasteiger partial charge in [0, 0.05) is 13.1 Å². The molecule has 0 aromatic rings. The molecule has 5 nitrogen and oxygen atoms in total. The van der Waals surface area contributed by atoms with Gasteiger partial charge in [0.1, 0.15) is 0 Å². The van der Waals surface area contributed by atoms with Gasteiger partial charge < -0.3 is 4.74 Å². The lowest BCUT2D eigenvalue weighted by molar-refractivity contribution is -0.428. The van der Waals surface area contributed by atoms with E-state index in [1.807, 2.05) is 4.90 Å². The third-order valence-electron chi connectivity index (χ3n) is 2.06. The molecule has 0 N–H and O–H groups in total. The standard InChI is InChI=1S/C8H14N2O3/c1-2-8(10(11)12)7-9-3-5-13-6-4-9/h2H,3-7H2,1H3/b8-2+. The molecule has 1 saturated heterocycles. The highest BCUT2D eigenvalue weighted by molar-refractivity contribution is 4.92. The van der Waals surface area contributed by atoms with Gasteiger partial charge in [0.25, 0.3) is 5.70 Å². The summed E-state index contributed by atoms with van der Waals surface area (Å²) in [6.07, 6.45) is 1.55. The van der Waals surface area contributed by atoms with Gasteiger partial charge in [-0.1, -0.05) is 0 Å². The number of hydrogen-bond donors (Lipinski definition) is 0. The molecule has 0 aromatic carbocycles. The summed E-state index contributed by atoms with van der Waals surface area (Å²) in [7, 11) is 0. The molecule has 0 amide bonds. The van der Waals surface area contributed by atoms with Crippen LogP contribution in [0.15, 0.2) is 11.8 Å². The van der Waals surface area contributed by atoms with Crippen LogP contribution in [-0.4, -0.2) is 42.7 Å². The van der Waals surface area contributed by atoms with Crippen molar-refractivity contribution < 1.29 is 9.66 Å². The van der Waals surface area contributed by atoms with Crippen LogP contribution in [-0.2, 0) is 4.74 Å². The number of rotatable bonds is 3. The van der Waals surface area contributed by atoms with Gasteiger partial charge in [-0.15, -0.1) is 0 Å². The Morgan fingerprint density at radius 3 is 2.69 bits per heavy atom. The van der Waals surface area contributed by atoms with E-state index in [9.17, 15) is 10.1 Å². The van der Waals surface area contributed by atoms with Gasteiger partial charge in [0.15, 0.2) is 0 Å². The maximum atomic E-state index is 10.5. The predicted octanol–water partition coefficient (Wildman–Crippen LogP) is 0.499. The van der Waals surface area contributed by atoms with Crippen LogP contribution in [0.25, 0.3) is 0 Å². The molecule has 5 heteroatoms. The quantitative estimate of drug-likeness (QED) is 0.475. The van der Waals surface area contributed by atoms with Crippen molar-refractivity contribution in [3.05, 3.63) is 21.9 Å². The lowest BCUT2D eigenvalue weighted by Gasteiger charge is -2.25. The number of hydrogen-bond acceptors (Lipinski definition) is 4. The fraction of sp³-hybridized carbons (Fsp3) is 0.750. The fourth-order valence-electron chi connectivity index (χ4n) is 1.24. The minimum Gasteiger partial charge on any atom is -0.379 e. The number of ether oxygens (including phenoxy) is 1. The molecule has 0 spiro atoms. The van der Waals surface area contributed by atoms with Crippen molar-refractivity contribution >= 4 is 0 Å². The van der Waals surface area contributed by atoms with Gasteiger partial charge in [-0.05, 0) is 13.0 Å². The van der Waals surface area contributed by atoms with Crippen molar-refractivity contribution in [2.75, 3.05) is 32.8 Å². The summed E-state index contributed by atoms with van der Waals surface area (Å²) in [5, 5.41) is 10.5. The summed E-state index contributed by atoms with van der Waals surface area (Å²) in [5.74, 6) is 0. The second-order valence-electron chi connectivity index (χ2n) is 2.93. The summed E-state index contributed by atoms with van der Waals surface area (Å²) in [6, 6.07) is 0. The van der Waals surface area contributed by atoms with Crippen molar-refractivity contribution in [3.8, 4) is 0 Å². The molecule has 1 fully saturated rings. The highest BCUT2D eigenvalue weighted by atomic mass is 16.6. The molecule has 13 heavy (non-hydrogen) atoms. The Balaban J connectivity index is 2.41. The van der Waals surface area contributed by atoms with E-state index in [-0.39, 0.29) is 10.6 Å². The summed E-state index contributed by atoms with van der Waals surface area (Å²) in [4.78, 5) is 12.2. The van der Waals surface area contributed by atoms with Crippen LogP contribution in [0.3, 0.4) is 0 Å². The molecule has 1 aliphatic rings. The first-order valence-corrected chi connectivity index (χ1v) is 4.33. The van der Waals surface area contributed by atoms with E-state index in [4.69, 9.17) is 4.74 Å². The highest BCUT2D eigenvalue weighted by Gasteiger charge is 2.17. The lowest BCUT2D eigenvalue weighted by Crippen LogP contribution is -2.38. The molecular weight excluding hydrogens is 172 g/mol. The smallest absolute Gasteiger partial charge is 0.255 e. The molecular formula is C8H14N2O3. The predicted molar refractivity (Wildman–Crippen MR) is 48.0 cm³/mol. The summed E-state index contributed by atoms with van der Waals surface area (Å²) in [5.41, 5.74) is 0.266. The van der Waals surface area contributed by atoms with Crippen LogP contribution in [0.2, 0.25) is 0 Å². The van der Waals surface area contributed by atoms with E-state index in [0.29, 0.717) is 19.8 Å². The zero-order valence-corrected chi connectivity index (χ0v) is 7.73. The van der Waals surface area contributed by atoms with Gasteiger partial charge in [0.05, 0.1) is 24.7 Å². The summed E-state index contributed by atoms with van der Waals surface area (Å²) < 4.78 is 5.14. The van der Waals surface area contributed by atoms with Crippen molar-refractivity contribution in [2.24, 2.45) is 0 Å². The maximum absolute atomic E-state index is 10.5. The minimum absolute atomic E-state index is 0.266. The third-order valence-corrected chi connectivity index (χ3v) is 2.06. The molecule has 0 aromatic heterocycles. The maximum Gasteiger partial charge on any atom is 0.255 e. The van der Waals surface area contributed by atoms with E-state index >= 15 is 0 Å². The Kier molecular flexibility index (Phi) is 3.85. The van der Waals surface area contributed by atoms with E-state index in [2.05, 4.69) is 0 Å². The Morgan fingerprint density at radius 1 is 1.62 bits per heavy atom. The first-order valence-electron chi connectivity index (χ1n) is 4.33. The molecule has 0 unspecified atom stereocenters. The van der Waals surface area contributed by atoms with Crippen molar-refractivity contribution in [1.82, 2.24) is 4.90 Å². The number of nitrogens with zero attached hydrogens (tertiary/aromatic N) is 2. The van der Waals surface area contributed by atoms with Crippen molar-refractivity contribution in [3.63, 3.8) is 0 Å². The van der Waals surface area contributed by atoms with E-state index in [1.54, 1.807) is 13.0 Å². The molecule has 1 heterocycles. The Labute approximate surface area is 77.1 Å². The zero-order valence-electron chi connectivity index (χ0n) is 7.73. The van der Waals surface area contributed by atoms with Crippen LogP contribution in [0.4, 0.5) is 0 Å². The Morgan fingerprint density at radius 2 is 2.23 bits per heavy atom. The molecule has 0 saturated carbocycles.